The standard InChI is InChI=1S/C11H25NO/c1-5-7-13-9-10(3)8-11(4)12-6-2/h10-12H,5-9H2,1-4H3. The predicted octanol–water partition coefficient (Wildman–Crippen LogP) is 2.44. The molecule has 0 aromatic rings. The van der Waals surface area contributed by atoms with Crippen LogP contribution in [0.1, 0.15) is 40.5 Å². The van der Waals surface area contributed by atoms with Crippen LogP contribution in [0.3, 0.4) is 0 Å². The second kappa shape index (κ2) is 8.52. The average Bonchev–Trinajstić information content (AvgIpc) is 2.05. The molecule has 2 atom stereocenters. The minimum atomic E-state index is 0.616. The first kappa shape index (κ1) is 12.9. The molecule has 13 heavy (non-hydrogen) atoms. The van der Waals surface area contributed by atoms with E-state index in [0.29, 0.717) is 12.0 Å². The molecule has 0 bridgehead atoms. The second-order valence-electron chi connectivity index (χ2n) is 3.87. The van der Waals surface area contributed by atoms with Crippen LogP contribution < -0.4 is 5.32 Å². The number of hydrogen-bond donors (Lipinski definition) is 1. The average molecular weight is 187 g/mol. The van der Waals surface area contributed by atoms with Crippen molar-refractivity contribution in [3.05, 3.63) is 0 Å². The van der Waals surface area contributed by atoms with E-state index in [2.05, 4.69) is 33.0 Å². The van der Waals surface area contributed by atoms with E-state index in [1.165, 1.54) is 6.42 Å². The van der Waals surface area contributed by atoms with Gasteiger partial charge in [-0.25, -0.2) is 0 Å². The first-order valence-electron chi connectivity index (χ1n) is 5.51. The van der Waals surface area contributed by atoms with Crippen LogP contribution in [0, 0.1) is 5.92 Å². The van der Waals surface area contributed by atoms with E-state index in [-0.39, 0.29) is 0 Å². The molecule has 80 valence electrons. The Morgan fingerprint density at radius 1 is 1.23 bits per heavy atom. The first-order valence-corrected chi connectivity index (χ1v) is 5.51. The summed E-state index contributed by atoms with van der Waals surface area (Å²) in [7, 11) is 0. The Labute approximate surface area is 83.1 Å². The minimum Gasteiger partial charge on any atom is -0.381 e. The van der Waals surface area contributed by atoms with Crippen molar-refractivity contribution >= 4 is 0 Å². The largest absolute Gasteiger partial charge is 0.381 e. The van der Waals surface area contributed by atoms with Gasteiger partial charge in [-0.1, -0.05) is 20.8 Å². The third-order valence-electron chi connectivity index (χ3n) is 2.06. The van der Waals surface area contributed by atoms with E-state index in [1.54, 1.807) is 0 Å². The summed E-state index contributed by atoms with van der Waals surface area (Å²) < 4.78 is 5.50. The SMILES string of the molecule is CCCOCC(C)CC(C)NCC. The third kappa shape index (κ3) is 8.26. The predicted molar refractivity (Wildman–Crippen MR) is 58.0 cm³/mol. The molecule has 0 rings (SSSR count). The van der Waals surface area contributed by atoms with E-state index in [0.717, 1.165) is 26.2 Å². The molecule has 0 fully saturated rings. The Kier molecular flexibility index (Phi) is 8.46. The Bertz CT molecular complexity index is 106. The lowest BCUT2D eigenvalue weighted by Gasteiger charge is -2.17. The minimum absolute atomic E-state index is 0.616. The number of hydrogen-bond acceptors (Lipinski definition) is 2. The van der Waals surface area contributed by atoms with Gasteiger partial charge in [0.1, 0.15) is 0 Å². The van der Waals surface area contributed by atoms with Crippen LogP contribution in [-0.2, 0) is 4.74 Å². The van der Waals surface area contributed by atoms with Crippen LogP contribution in [-0.4, -0.2) is 25.8 Å². The molecule has 0 aromatic carbocycles. The van der Waals surface area contributed by atoms with Crippen molar-refractivity contribution in [2.45, 2.75) is 46.6 Å². The van der Waals surface area contributed by atoms with E-state index < -0.39 is 0 Å². The zero-order chi connectivity index (χ0) is 10.1. The summed E-state index contributed by atoms with van der Waals surface area (Å²) in [6.07, 6.45) is 2.33. The maximum atomic E-state index is 5.50. The summed E-state index contributed by atoms with van der Waals surface area (Å²) in [5.74, 6) is 0.667. The number of nitrogens with one attached hydrogen (secondary N) is 1. The number of rotatable bonds is 8. The van der Waals surface area contributed by atoms with Gasteiger partial charge >= 0.3 is 0 Å². The molecule has 0 heterocycles. The lowest BCUT2D eigenvalue weighted by Crippen LogP contribution is -2.28. The summed E-state index contributed by atoms with van der Waals surface area (Å²) in [6, 6.07) is 0.616. The highest BCUT2D eigenvalue weighted by molar-refractivity contribution is 4.63. The van der Waals surface area contributed by atoms with Gasteiger partial charge in [0.05, 0.1) is 0 Å². The molecule has 0 aliphatic rings. The van der Waals surface area contributed by atoms with Gasteiger partial charge < -0.3 is 10.1 Å². The van der Waals surface area contributed by atoms with Crippen molar-refractivity contribution in [1.82, 2.24) is 5.32 Å². The normalized spacial score (nSPS) is 15.7. The molecular formula is C11H25NO. The molecule has 0 amide bonds. The zero-order valence-electron chi connectivity index (χ0n) is 9.60. The van der Waals surface area contributed by atoms with Gasteiger partial charge in [0.2, 0.25) is 0 Å². The van der Waals surface area contributed by atoms with Gasteiger partial charge in [0.15, 0.2) is 0 Å². The van der Waals surface area contributed by atoms with Crippen LogP contribution in [0.2, 0.25) is 0 Å². The van der Waals surface area contributed by atoms with Gasteiger partial charge in [0.25, 0.3) is 0 Å². The lowest BCUT2D eigenvalue weighted by molar-refractivity contribution is 0.0993. The first-order chi connectivity index (χ1) is 6.20. The summed E-state index contributed by atoms with van der Waals surface area (Å²) in [5.41, 5.74) is 0. The maximum absolute atomic E-state index is 5.50. The summed E-state index contributed by atoms with van der Waals surface area (Å²) in [4.78, 5) is 0. The van der Waals surface area contributed by atoms with Crippen LogP contribution >= 0.6 is 0 Å². The Balaban J connectivity index is 3.32. The lowest BCUT2D eigenvalue weighted by atomic mass is 10.0. The van der Waals surface area contributed by atoms with Crippen LogP contribution in [0.5, 0.6) is 0 Å². The molecule has 0 aliphatic heterocycles. The van der Waals surface area contributed by atoms with E-state index in [1.807, 2.05) is 0 Å². The van der Waals surface area contributed by atoms with Crippen LogP contribution in [0.4, 0.5) is 0 Å². The van der Waals surface area contributed by atoms with Gasteiger partial charge in [-0.05, 0) is 32.2 Å². The molecule has 0 saturated heterocycles. The van der Waals surface area contributed by atoms with Gasteiger partial charge in [-0.2, -0.15) is 0 Å². The molecule has 0 aliphatic carbocycles. The highest BCUT2D eigenvalue weighted by Crippen LogP contribution is 2.06. The molecule has 2 nitrogen and oxygen atoms in total. The van der Waals surface area contributed by atoms with Crippen molar-refractivity contribution in [2.75, 3.05) is 19.8 Å². The molecule has 1 N–H and O–H groups in total. The third-order valence-corrected chi connectivity index (χ3v) is 2.06. The van der Waals surface area contributed by atoms with Gasteiger partial charge in [-0.15, -0.1) is 0 Å². The topological polar surface area (TPSA) is 21.3 Å². The maximum Gasteiger partial charge on any atom is 0.0492 e. The summed E-state index contributed by atoms with van der Waals surface area (Å²) >= 11 is 0. The Hall–Kier alpha value is -0.0800. The monoisotopic (exact) mass is 187 g/mol. The Morgan fingerprint density at radius 3 is 2.46 bits per heavy atom. The zero-order valence-corrected chi connectivity index (χ0v) is 9.60. The second-order valence-corrected chi connectivity index (χ2v) is 3.87. The quantitative estimate of drug-likeness (QED) is 0.589. The fraction of sp³-hybridized carbons (Fsp3) is 1.00. The van der Waals surface area contributed by atoms with Crippen LogP contribution in [0.25, 0.3) is 0 Å². The van der Waals surface area contributed by atoms with Gasteiger partial charge in [0, 0.05) is 19.3 Å². The van der Waals surface area contributed by atoms with Crippen molar-refractivity contribution < 1.29 is 4.74 Å². The molecule has 2 heteroatoms. The molecule has 2 unspecified atom stereocenters. The van der Waals surface area contributed by atoms with Crippen LogP contribution in [0.15, 0.2) is 0 Å². The highest BCUT2D eigenvalue weighted by Gasteiger charge is 2.07. The summed E-state index contributed by atoms with van der Waals surface area (Å²) in [5, 5.41) is 3.41. The van der Waals surface area contributed by atoms with Crippen molar-refractivity contribution in [3.8, 4) is 0 Å². The van der Waals surface area contributed by atoms with Crippen molar-refractivity contribution in [2.24, 2.45) is 5.92 Å². The molecule has 0 saturated carbocycles. The number of ether oxygens (including phenoxy) is 1. The highest BCUT2D eigenvalue weighted by atomic mass is 16.5. The smallest absolute Gasteiger partial charge is 0.0492 e. The molecular weight excluding hydrogens is 162 g/mol. The van der Waals surface area contributed by atoms with E-state index in [4.69, 9.17) is 4.74 Å². The van der Waals surface area contributed by atoms with Crippen molar-refractivity contribution in [1.29, 1.82) is 0 Å². The van der Waals surface area contributed by atoms with E-state index in [9.17, 15) is 0 Å². The molecule has 0 spiro atoms. The Morgan fingerprint density at radius 2 is 1.92 bits per heavy atom. The molecule has 0 radical (unpaired) electrons. The fourth-order valence-corrected chi connectivity index (χ4v) is 1.53. The van der Waals surface area contributed by atoms with Gasteiger partial charge in [-0.3, -0.25) is 0 Å². The fourth-order valence-electron chi connectivity index (χ4n) is 1.53. The molecule has 0 aromatic heterocycles. The van der Waals surface area contributed by atoms with E-state index >= 15 is 0 Å². The van der Waals surface area contributed by atoms with Crippen molar-refractivity contribution in [3.63, 3.8) is 0 Å². The summed E-state index contributed by atoms with van der Waals surface area (Å²) in [6.45, 7) is 11.7.